The molecule has 0 bridgehead atoms. The molecule has 42 heavy (non-hydrogen) atoms. The highest BCUT2D eigenvalue weighted by Gasteiger charge is 2.27. The van der Waals surface area contributed by atoms with Crippen LogP contribution in [0.25, 0.3) is 11.4 Å². The monoisotopic (exact) mass is 618 g/mol. The number of pyridine rings is 2. The molecule has 0 aliphatic rings. The smallest absolute Gasteiger partial charge is 0.114 e. The van der Waals surface area contributed by atoms with E-state index in [1.165, 1.54) is 0 Å². The number of benzene rings is 4. The van der Waals surface area contributed by atoms with Crippen molar-refractivity contribution in [2.24, 2.45) is 0 Å². The van der Waals surface area contributed by atoms with Crippen molar-refractivity contribution < 1.29 is 0 Å². The highest BCUT2D eigenvalue weighted by Crippen LogP contribution is 2.48. The Morgan fingerprint density at radius 3 is 0.952 bits per heavy atom. The topological polar surface area (TPSA) is 49.8 Å². The van der Waals surface area contributed by atoms with Crippen LogP contribution in [0.15, 0.2) is 158 Å². The maximum atomic E-state index is 6.50. The van der Waals surface area contributed by atoms with Gasteiger partial charge in [-0.15, -0.1) is 0 Å². The Balaban J connectivity index is 1.46. The first-order valence-electron chi connectivity index (χ1n) is 13.5. The van der Waals surface area contributed by atoms with Crippen LogP contribution in [0.5, 0.6) is 0 Å². The lowest BCUT2D eigenvalue weighted by Gasteiger charge is -2.28. The second kappa shape index (κ2) is 12.5. The van der Waals surface area contributed by atoms with Crippen LogP contribution in [0.1, 0.15) is 0 Å². The van der Waals surface area contributed by atoms with Crippen LogP contribution in [0.4, 0.5) is 11.4 Å². The van der Waals surface area contributed by atoms with E-state index in [1.807, 2.05) is 97.1 Å². The van der Waals surface area contributed by atoms with E-state index in [1.54, 1.807) is 12.4 Å². The lowest BCUT2D eigenvalue weighted by atomic mass is 10.2. The zero-order valence-corrected chi connectivity index (χ0v) is 26.0. The van der Waals surface area contributed by atoms with Gasteiger partial charge in [0, 0.05) is 33.6 Å². The number of anilines is 2. The third-order valence-corrected chi connectivity index (χ3v) is 15.2. The Hall–Kier alpha value is -3.92. The predicted octanol–water partition coefficient (Wildman–Crippen LogP) is 7.06. The fourth-order valence-electron chi connectivity index (χ4n) is 4.82. The molecule has 206 valence electrons. The minimum absolute atomic E-state index is 0.712. The highest BCUT2D eigenvalue weighted by atomic mass is 32.4. The molecule has 0 aliphatic carbocycles. The fraction of sp³-hybridized carbons (Fsp3) is 0. The fourth-order valence-corrected chi connectivity index (χ4v) is 11.4. The number of nitrogens with one attached hydrogen (secondary N) is 2. The molecule has 2 heterocycles. The molecular weight excluding hydrogens is 590 g/mol. The summed E-state index contributed by atoms with van der Waals surface area (Å²) < 4.78 is 0. The van der Waals surface area contributed by atoms with Crippen LogP contribution in [-0.2, 0) is 23.6 Å². The summed E-state index contributed by atoms with van der Waals surface area (Å²) in [5, 5.41) is 11.9. The molecule has 6 rings (SSSR count). The second-order valence-corrected chi connectivity index (χ2v) is 17.8. The maximum absolute atomic E-state index is 6.50. The largest absolute Gasteiger partial charge is 0.349 e. The van der Waals surface area contributed by atoms with Crippen LogP contribution >= 0.6 is 12.4 Å². The van der Waals surface area contributed by atoms with Crippen LogP contribution in [0.2, 0.25) is 0 Å². The Bertz CT molecular complexity index is 1660. The number of aromatic nitrogens is 2. The molecule has 0 atom stereocenters. The molecule has 2 aromatic heterocycles. The van der Waals surface area contributed by atoms with Crippen molar-refractivity contribution in [1.82, 2.24) is 9.97 Å². The number of nitrogens with zero attached hydrogens (tertiary/aromatic N) is 2. The van der Waals surface area contributed by atoms with Gasteiger partial charge < -0.3 is 10.2 Å². The van der Waals surface area contributed by atoms with Crippen molar-refractivity contribution in [3.8, 4) is 11.4 Å². The van der Waals surface area contributed by atoms with Gasteiger partial charge in [0.25, 0.3) is 0 Å². The number of hydrogen-bond donors (Lipinski definition) is 2. The van der Waals surface area contributed by atoms with Gasteiger partial charge in [-0.2, -0.15) is 0 Å². The van der Waals surface area contributed by atoms with E-state index >= 15 is 0 Å². The molecule has 0 aliphatic heterocycles. The zero-order valence-electron chi connectivity index (χ0n) is 22.6. The first-order valence-corrected chi connectivity index (χ1v) is 19.1. The van der Waals surface area contributed by atoms with Crippen molar-refractivity contribution >= 4 is 68.6 Å². The third-order valence-electron chi connectivity index (χ3n) is 6.87. The van der Waals surface area contributed by atoms with Gasteiger partial charge in [0.1, 0.15) is 11.4 Å². The van der Waals surface area contributed by atoms with E-state index < -0.39 is 12.4 Å². The SMILES string of the molecule is S=P(Nc1cccnc1-c1ncccc1NP(=S)(c1ccccc1)c1ccccc1)(c1ccccc1)c1ccccc1. The summed E-state index contributed by atoms with van der Waals surface area (Å²) in [7, 11) is 0. The first-order chi connectivity index (χ1) is 20.6. The quantitative estimate of drug-likeness (QED) is 0.169. The molecule has 6 aromatic rings. The number of hydrogen-bond acceptors (Lipinski definition) is 4. The molecule has 0 saturated heterocycles. The molecular formula is C34H28N4P2S2. The summed E-state index contributed by atoms with van der Waals surface area (Å²) in [6, 6.07) is 49.0. The average molecular weight is 619 g/mol. The second-order valence-electron chi connectivity index (χ2n) is 9.58. The van der Waals surface area contributed by atoms with Gasteiger partial charge in [0.2, 0.25) is 0 Å². The van der Waals surface area contributed by atoms with Crippen molar-refractivity contribution in [2.45, 2.75) is 0 Å². The van der Waals surface area contributed by atoms with E-state index in [0.29, 0.717) is 11.4 Å². The predicted molar refractivity (Wildman–Crippen MR) is 188 cm³/mol. The standard InChI is InChI=1S/C34H28N4P2S2/c41-39(27-15-5-1-6-16-27,28-17-7-2-8-18-28)37-31-23-13-25-35-33(31)34-32(24-14-26-36-34)38-40(42,29-19-9-3-10-20-29)30-21-11-4-12-22-30/h1-26H,(H,37,41)(H,38,42). The lowest BCUT2D eigenvalue weighted by Crippen LogP contribution is -2.22. The molecule has 0 spiro atoms. The number of rotatable bonds is 9. The van der Waals surface area contributed by atoms with Crippen LogP contribution in [0, 0.1) is 0 Å². The summed E-state index contributed by atoms with van der Waals surface area (Å²) >= 11 is 13.0. The van der Waals surface area contributed by atoms with E-state index in [2.05, 4.69) is 58.7 Å². The van der Waals surface area contributed by atoms with Gasteiger partial charge >= 0.3 is 0 Å². The first kappa shape index (κ1) is 28.2. The van der Waals surface area contributed by atoms with Gasteiger partial charge in [0.15, 0.2) is 0 Å². The molecule has 0 radical (unpaired) electrons. The van der Waals surface area contributed by atoms with E-state index in [4.69, 9.17) is 33.6 Å². The Kier molecular flexibility index (Phi) is 8.41. The third kappa shape index (κ3) is 5.72. The van der Waals surface area contributed by atoms with E-state index in [0.717, 1.165) is 32.6 Å². The Labute approximate surface area is 257 Å². The summed E-state index contributed by atoms with van der Waals surface area (Å²) in [6.07, 6.45) is -1.35. The Morgan fingerprint density at radius 1 is 0.381 bits per heavy atom. The molecule has 0 amide bonds. The van der Waals surface area contributed by atoms with E-state index in [-0.39, 0.29) is 0 Å². The minimum Gasteiger partial charge on any atom is -0.349 e. The van der Waals surface area contributed by atoms with Gasteiger partial charge in [0.05, 0.1) is 23.8 Å². The minimum atomic E-state index is -2.46. The molecule has 8 heteroatoms. The Morgan fingerprint density at radius 2 is 0.667 bits per heavy atom. The summed E-state index contributed by atoms with van der Waals surface area (Å²) in [4.78, 5) is 9.68. The maximum Gasteiger partial charge on any atom is 0.114 e. The van der Waals surface area contributed by atoms with E-state index in [9.17, 15) is 0 Å². The van der Waals surface area contributed by atoms with Crippen LogP contribution < -0.4 is 31.4 Å². The molecule has 2 N–H and O–H groups in total. The van der Waals surface area contributed by atoms with Crippen molar-refractivity contribution in [2.75, 3.05) is 10.2 Å². The van der Waals surface area contributed by atoms with Crippen molar-refractivity contribution in [3.63, 3.8) is 0 Å². The van der Waals surface area contributed by atoms with Gasteiger partial charge in [-0.3, -0.25) is 9.97 Å². The van der Waals surface area contributed by atoms with Gasteiger partial charge in [-0.25, -0.2) is 0 Å². The van der Waals surface area contributed by atoms with Crippen LogP contribution in [0.3, 0.4) is 0 Å². The average Bonchev–Trinajstić information content (AvgIpc) is 3.07. The molecule has 0 fully saturated rings. The molecule has 0 saturated carbocycles. The van der Waals surface area contributed by atoms with Crippen molar-refractivity contribution in [3.05, 3.63) is 158 Å². The molecule has 4 nitrogen and oxygen atoms in total. The van der Waals surface area contributed by atoms with Gasteiger partial charge in [-0.1, -0.05) is 145 Å². The van der Waals surface area contributed by atoms with Crippen molar-refractivity contribution in [1.29, 1.82) is 0 Å². The zero-order chi connectivity index (χ0) is 28.8. The summed E-state index contributed by atoms with van der Waals surface area (Å²) in [6.45, 7) is 0. The molecule has 4 aromatic carbocycles. The normalized spacial score (nSPS) is 11.5. The summed E-state index contributed by atoms with van der Waals surface area (Å²) in [5.41, 5.74) is 3.07. The highest BCUT2D eigenvalue weighted by molar-refractivity contribution is 8.23. The summed E-state index contributed by atoms with van der Waals surface area (Å²) in [5.74, 6) is 0. The lowest BCUT2D eigenvalue weighted by molar-refractivity contribution is 1.25. The van der Waals surface area contributed by atoms with Crippen LogP contribution in [-0.4, -0.2) is 9.97 Å². The molecule has 0 unspecified atom stereocenters. The van der Waals surface area contributed by atoms with Gasteiger partial charge in [-0.05, 0) is 24.3 Å².